The van der Waals surface area contributed by atoms with Crippen LogP contribution in [0.5, 0.6) is 0 Å². The average molecular weight is 195 g/mol. The van der Waals surface area contributed by atoms with E-state index in [-0.39, 0.29) is 0 Å². The van der Waals surface area contributed by atoms with Gasteiger partial charge in [-0.15, -0.1) is 0 Å². The molecule has 0 unspecified atom stereocenters. The fourth-order valence-electron chi connectivity index (χ4n) is 1.06. The van der Waals surface area contributed by atoms with Crippen LogP contribution in [0.4, 0.5) is 5.69 Å². The molecular weight excluding hydrogens is 188 g/mol. The molecule has 0 saturated heterocycles. The minimum Gasteiger partial charge on any atom is -0.463 e. The van der Waals surface area contributed by atoms with E-state index < -0.39 is 0 Å². The van der Waals surface area contributed by atoms with E-state index in [9.17, 15) is 0 Å². The summed E-state index contributed by atoms with van der Waals surface area (Å²) in [7, 11) is 0. The summed E-state index contributed by atoms with van der Waals surface area (Å²) in [6.07, 6.45) is 3.16. The number of rotatable bonds is 1. The van der Waals surface area contributed by atoms with Gasteiger partial charge in [0.25, 0.3) is 0 Å². The Kier molecular flexibility index (Phi) is 1.94. The number of nitrogens with zero attached hydrogens (tertiary/aromatic N) is 1. The van der Waals surface area contributed by atoms with Crippen LogP contribution >= 0.6 is 11.6 Å². The van der Waals surface area contributed by atoms with Crippen molar-refractivity contribution in [2.45, 2.75) is 0 Å². The Morgan fingerprint density at radius 2 is 2.23 bits per heavy atom. The summed E-state index contributed by atoms with van der Waals surface area (Å²) < 4.78 is 5.15. The molecule has 13 heavy (non-hydrogen) atoms. The van der Waals surface area contributed by atoms with Crippen molar-refractivity contribution < 1.29 is 4.42 Å². The fourth-order valence-corrected chi connectivity index (χ4v) is 1.21. The van der Waals surface area contributed by atoms with Gasteiger partial charge in [-0.3, -0.25) is 4.98 Å². The molecule has 0 fully saturated rings. The zero-order valence-corrected chi connectivity index (χ0v) is 7.45. The van der Waals surface area contributed by atoms with E-state index >= 15 is 0 Å². The van der Waals surface area contributed by atoms with Crippen LogP contribution in [0.15, 0.2) is 35.1 Å². The first kappa shape index (κ1) is 8.13. The molecular formula is C9H7ClN2O. The summed E-state index contributed by atoms with van der Waals surface area (Å²) in [6, 6.07) is 5.20. The molecule has 2 rings (SSSR count). The van der Waals surface area contributed by atoms with Gasteiger partial charge in [0.2, 0.25) is 0 Å². The third-order valence-electron chi connectivity index (χ3n) is 1.69. The van der Waals surface area contributed by atoms with Crippen molar-refractivity contribution in [1.82, 2.24) is 4.98 Å². The summed E-state index contributed by atoms with van der Waals surface area (Å²) in [4.78, 5) is 4.08. The second-order valence-corrected chi connectivity index (χ2v) is 2.94. The van der Waals surface area contributed by atoms with Crippen LogP contribution in [-0.4, -0.2) is 4.98 Å². The van der Waals surface area contributed by atoms with Crippen LogP contribution in [0.25, 0.3) is 11.5 Å². The molecule has 0 atom stereocenters. The molecule has 2 aromatic rings. The highest BCUT2D eigenvalue weighted by Gasteiger charge is 2.08. The van der Waals surface area contributed by atoms with Crippen molar-refractivity contribution in [3.8, 4) is 11.5 Å². The minimum absolute atomic E-state index is 0.444. The molecule has 0 spiro atoms. The molecule has 66 valence electrons. The molecule has 0 amide bonds. The van der Waals surface area contributed by atoms with Crippen LogP contribution in [0.1, 0.15) is 0 Å². The lowest BCUT2D eigenvalue weighted by molar-refractivity contribution is 0.580. The second-order valence-electron chi connectivity index (χ2n) is 2.53. The van der Waals surface area contributed by atoms with Gasteiger partial charge in [-0.1, -0.05) is 11.6 Å². The number of hydrogen-bond donors (Lipinski definition) is 1. The number of furan rings is 1. The van der Waals surface area contributed by atoms with Gasteiger partial charge in [-0.05, 0) is 18.2 Å². The molecule has 3 nitrogen and oxygen atoms in total. The van der Waals surface area contributed by atoms with Gasteiger partial charge in [0.05, 0.1) is 17.0 Å². The number of nitrogens with two attached hydrogens (primary N) is 1. The van der Waals surface area contributed by atoms with Gasteiger partial charge in [0, 0.05) is 6.20 Å². The molecule has 0 bridgehead atoms. The maximum absolute atomic E-state index is 5.82. The van der Waals surface area contributed by atoms with E-state index in [1.807, 2.05) is 0 Å². The van der Waals surface area contributed by atoms with E-state index in [0.717, 1.165) is 0 Å². The SMILES string of the molecule is Nc1c(Cl)ccnc1-c1ccco1. The van der Waals surface area contributed by atoms with Crippen LogP contribution in [0.2, 0.25) is 5.02 Å². The molecule has 0 aliphatic carbocycles. The highest BCUT2D eigenvalue weighted by Crippen LogP contribution is 2.28. The molecule has 0 aliphatic heterocycles. The first-order valence-electron chi connectivity index (χ1n) is 3.73. The lowest BCUT2D eigenvalue weighted by atomic mass is 10.2. The van der Waals surface area contributed by atoms with E-state index in [0.29, 0.717) is 22.2 Å². The predicted octanol–water partition coefficient (Wildman–Crippen LogP) is 2.58. The lowest BCUT2D eigenvalue weighted by Gasteiger charge is -2.01. The Morgan fingerprint density at radius 1 is 1.38 bits per heavy atom. The predicted molar refractivity (Wildman–Crippen MR) is 51.4 cm³/mol. The van der Waals surface area contributed by atoms with E-state index in [4.69, 9.17) is 21.8 Å². The zero-order chi connectivity index (χ0) is 9.26. The maximum atomic E-state index is 5.82. The lowest BCUT2D eigenvalue weighted by Crippen LogP contribution is -1.92. The number of hydrogen-bond acceptors (Lipinski definition) is 3. The van der Waals surface area contributed by atoms with Gasteiger partial charge in [0.1, 0.15) is 5.69 Å². The van der Waals surface area contributed by atoms with Crippen LogP contribution in [-0.2, 0) is 0 Å². The molecule has 0 aliphatic rings. The smallest absolute Gasteiger partial charge is 0.154 e. The van der Waals surface area contributed by atoms with Crippen LogP contribution in [0.3, 0.4) is 0 Å². The summed E-state index contributed by atoms with van der Waals surface area (Å²) >= 11 is 5.82. The minimum atomic E-state index is 0.444. The Morgan fingerprint density at radius 3 is 2.92 bits per heavy atom. The summed E-state index contributed by atoms with van der Waals surface area (Å²) in [5, 5.41) is 0.487. The number of halogens is 1. The van der Waals surface area contributed by atoms with Gasteiger partial charge in [0.15, 0.2) is 5.76 Å². The van der Waals surface area contributed by atoms with Crippen molar-refractivity contribution in [3.63, 3.8) is 0 Å². The quantitative estimate of drug-likeness (QED) is 0.759. The van der Waals surface area contributed by atoms with Crippen molar-refractivity contribution in [3.05, 3.63) is 35.7 Å². The monoisotopic (exact) mass is 194 g/mol. The largest absolute Gasteiger partial charge is 0.463 e. The van der Waals surface area contributed by atoms with E-state index in [2.05, 4.69) is 4.98 Å². The standard InChI is InChI=1S/C9H7ClN2O/c10-6-3-4-12-9(8(6)11)7-2-1-5-13-7/h1-5H,11H2. The first-order valence-corrected chi connectivity index (χ1v) is 4.10. The Balaban J connectivity index is 2.59. The van der Waals surface area contributed by atoms with Gasteiger partial charge < -0.3 is 10.2 Å². The Labute approximate surface area is 80.1 Å². The molecule has 2 heterocycles. The van der Waals surface area contributed by atoms with Crippen LogP contribution < -0.4 is 5.73 Å². The average Bonchev–Trinajstić information content (AvgIpc) is 2.62. The summed E-state index contributed by atoms with van der Waals surface area (Å²) in [5.74, 6) is 0.625. The molecule has 0 saturated carbocycles. The van der Waals surface area contributed by atoms with E-state index in [1.165, 1.54) is 0 Å². The first-order chi connectivity index (χ1) is 6.29. The molecule has 2 N–H and O–H groups in total. The number of aromatic nitrogens is 1. The third kappa shape index (κ3) is 1.38. The molecule has 0 radical (unpaired) electrons. The molecule has 0 aromatic carbocycles. The van der Waals surface area contributed by atoms with Crippen molar-refractivity contribution >= 4 is 17.3 Å². The second kappa shape index (κ2) is 3.11. The number of pyridine rings is 1. The van der Waals surface area contributed by atoms with Crippen molar-refractivity contribution in [2.75, 3.05) is 5.73 Å². The van der Waals surface area contributed by atoms with Gasteiger partial charge in [-0.25, -0.2) is 0 Å². The van der Waals surface area contributed by atoms with Crippen LogP contribution in [0, 0.1) is 0 Å². The zero-order valence-electron chi connectivity index (χ0n) is 6.70. The van der Waals surface area contributed by atoms with Gasteiger partial charge >= 0.3 is 0 Å². The van der Waals surface area contributed by atoms with Gasteiger partial charge in [-0.2, -0.15) is 0 Å². The Hall–Kier alpha value is -1.48. The third-order valence-corrected chi connectivity index (χ3v) is 2.02. The fraction of sp³-hybridized carbons (Fsp3) is 0. The molecule has 4 heteroatoms. The number of nitrogen functional groups attached to an aromatic ring is 1. The highest BCUT2D eigenvalue weighted by atomic mass is 35.5. The summed E-state index contributed by atoms with van der Waals surface area (Å²) in [6.45, 7) is 0. The topological polar surface area (TPSA) is 52.0 Å². The molecule has 2 aromatic heterocycles. The Bertz CT molecular complexity index is 412. The van der Waals surface area contributed by atoms with Crippen molar-refractivity contribution in [2.24, 2.45) is 0 Å². The maximum Gasteiger partial charge on any atom is 0.154 e. The normalized spacial score (nSPS) is 10.2. The number of anilines is 1. The highest BCUT2D eigenvalue weighted by molar-refractivity contribution is 6.33. The van der Waals surface area contributed by atoms with Crippen molar-refractivity contribution in [1.29, 1.82) is 0 Å². The summed E-state index contributed by atoms with van der Waals surface area (Å²) in [5.41, 5.74) is 6.74. The van der Waals surface area contributed by atoms with E-state index in [1.54, 1.807) is 30.7 Å².